The second kappa shape index (κ2) is 7.02. The molecule has 162 valence electrons. The molecule has 1 aliphatic carbocycles. The predicted molar refractivity (Wildman–Crippen MR) is 120 cm³/mol. The summed E-state index contributed by atoms with van der Waals surface area (Å²) in [5, 5.41) is 4.31. The largest absolute Gasteiger partial charge is 0.294 e. The minimum absolute atomic E-state index is 0.0121. The Morgan fingerprint density at radius 1 is 1.15 bits per heavy atom. The first kappa shape index (κ1) is 19.7. The van der Waals surface area contributed by atoms with Gasteiger partial charge in [-0.3, -0.25) is 19.0 Å². The molecule has 4 heterocycles. The van der Waals surface area contributed by atoms with Gasteiger partial charge in [-0.25, -0.2) is 14.3 Å². The molecule has 0 radical (unpaired) electrons. The number of imidazole rings is 1. The molecule has 1 spiro atoms. The van der Waals surface area contributed by atoms with Crippen LogP contribution in [0, 0.1) is 17.7 Å². The van der Waals surface area contributed by atoms with Gasteiger partial charge in [-0.15, -0.1) is 0 Å². The lowest BCUT2D eigenvalue weighted by atomic mass is 10.1. The molecule has 0 N–H and O–H groups in total. The number of pyridine rings is 1. The maximum Gasteiger partial charge on any atom is 0.260 e. The van der Waals surface area contributed by atoms with Gasteiger partial charge in [-0.05, 0) is 37.1 Å². The molecule has 3 aromatic heterocycles. The summed E-state index contributed by atoms with van der Waals surface area (Å²) in [6.07, 6.45) is 9.86. The molecular formula is C24H16ClFN6O. The van der Waals surface area contributed by atoms with E-state index < -0.39 is 11.4 Å². The van der Waals surface area contributed by atoms with E-state index in [1.165, 1.54) is 11.0 Å². The average Bonchev–Trinajstić information content (AvgIpc) is 3.20. The third-order valence-corrected chi connectivity index (χ3v) is 6.24. The van der Waals surface area contributed by atoms with Crippen LogP contribution in [0.4, 0.5) is 16.0 Å². The highest BCUT2D eigenvalue weighted by molar-refractivity contribution is 6.34. The van der Waals surface area contributed by atoms with E-state index in [-0.39, 0.29) is 16.6 Å². The summed E-state index contributed by atoms with van der Waals surface area (Å²) in [7, 11) is 1.82. The Kier molecular flexibility index (Phi) is 4.19. The highest BCUT2D eigenvalue weighted by Gasteiger charge is 2.62. The molecule has 7 nitrogen and oxygen atoms in total. The van der Waals surface area contributed by atoms with Crippen molar-refractivity contribution in [1.29, 1.82) is 0 Å². The zero-order valence-electron chi connectivity index (χ0n) is 17.5. The highest BCUT2D eigenvalue weighted by atomic mass is 35.5. The van der Waals surface area contributed by atoms with Gasteiger partial charge in [-0.1, -0.05) is 23.4 Å². The molecule has 4 aromatic rings. The molecule has 33 heavy (non-hydrogen) atoms. The first-order valence-corrected chi connectivity index (χ1v) is 10.7. The molecule has 9 heteroatoms. The Balaban J connectivity index is 1.43. The Labute approximate surface area is 193 Å². The van der Waals surface area contributed by atoms with Crippen LogP contribution in [0.3, 0.4) is 0 Å². The molecule has 2 aliphatic rings. The van der Waals surface area contributed by atoms with Crippen molar-refractivity contribution in [3.05, 3.63) is 77.2 Å². The Bertz CT molecular complexity index is 1470. The third kappa shape index (κ3) is 2.97. The lowest BCUT2D eigenvalue weighted by Crippen LogP contribution is -2.31. The fourth-order valence-electron chi connectivity index (χ4n) is 4.26. The number of hydrogen-bond donors (Lipinski definition) is 0. The van der Waals surface area contributed by atoms with Crippen LogP contribution in [-0.2, 0) is 17.4 Å². The lowest BCUT2D eigenvalue weighted by Gasteiger charge is -2.18. The summed E-state index contributed by atoms with van der Waals surface area (Å²) < 4.78 is 18.9. The van der Waals surface area contributed by atoms with Gasteiger partial charge >= 0.3 is 0 Å². The molecule has 0 atom stereocenters. The van der Waals surface area contributed by atoms with E-state index in [9.17, 15) is 4.79 Å². The molecule has 1 amide bonds. The second-order valence-corrected chi connectivity index (χ2v) is 8.54. The number of benzene rings is 1. The van der Waals surface area contributed by atoms with Gasteiger partial charge in [0.15, 0.2) is 0 Å². The maximum absolute atomic E-state index is 15.4. The summed E-state index contributed by atoms with van der Waals surface area (Å²) in [5.41, 5.74) is 1.94. The first-order chi connectivity index (χ1) is 16.0. The Morgan fingerprint density at radius 3 is 2.64 bits per heavy atom. The zero-order valence-corrected chi connectivity index (χ0v) is 18.2. The number of fused-ring (bicyclic) bond motifs is 2. The van der Waals surface area contributed by atoms with Crippen LogP contribution in [0.25, 0.3) is 11.3 Å². The minimum atomic E-state index is -0.758. The molecular weight excluding hydrogens is 443 g/mol. The fourth-order valence-corrected chi connectivity index (χ4v) is 4.56. The number of carbonyl (C=O) groups is 1. The fraction of sp³-hybridized carbons (Fsp3) is 0.167. The molecule has 0 bridgehead atoms. The maximum atomic E-state index is 15.4. The van der Waals surface area contributed by atoms with Gasteiger partial charge in [0, 0.05) is 42.3 Å². The smallest absolute Gasteiger partial charge is 0.260 e. The summed E-state index contributed by atoms with van der Waals surface area (Å²) in [6.45, 7) is 0. The van der Waals surface area contributed by atoms with Crippen LogP contribution in [-0.4, -0.2) is 30.2 Å². The molecule has 1 aliphatic heterocycles. The van der Waals surface area contributed by atoms with Gasteiger partial charge in [0.25, 0.3) is 5.91 Å². The third-order valence-electron chi connectivity index (χ3n) is 5.95. The summed E-state index contributed by atoms with van der Waals surface area (Å²) in [6, 6.07) is 6.42. The monoisotopic (exact) mass is 458 g/mol. The van der Waals surface area contributed by atoms with E-state index >= 15 is 4.39 Å². The SMILES string of the molecule is Cn1cc(-c2cnc3n2C2(CC2)C(=O)N3c2c(F)cc(C#Cc3cccnc3)cc2Cl)cn1. The standard InChI is InChI=1S/C24H16ClFN6O/c1-30-14-17(12-29-30)20-13-28-23-31(22(33)24(6-7-24)32(20)23)21-18(25)9-16(10-19(21)26)5-4-15-3-2-8-27-11-15/h2-3,8-14H,6-7H2,1H3. The number of nitrogens with zero attached hydrogens (tertiary/aromatic N) is 6. The molecule has 1 aromatic carbocycles. The van der Waals surface area contributed by atoms with Gasteiger partial charge in [0.05, 0.1) is 23.1 Å². The number of aromatic nitrogens is 5. The normalized spacial score (nSPS) is 15.5. The van der Waals surface area contributed by atoms with Crippen molar-refractivity contribution in [2.75, 3.05) is 4.90 Å². The lowest BCUT2D eigenvalue weighted by molar-refractivity contribution is -0.120. The van der Waals surface area contributed by atoms with Crippen LogP contribution in [0.5, 0.6) is 0 Å². The first-order valence-electron chi connectivity index (χ1n) is 10.3. The van der Waals surface area contributed by atoms with Crippen molar-refractivity contribution in [3.63, 3.8) is 0 Å². The Hall–Kier alpha value is -3.96. The number of carbonyl (C=O) groups excluding carboxylic acids is 1. The van der Waals surface area contributed by atoms with E-state index in [0.717, 1.165) is 11.3 Å². The van der Waals surface area contributed by atoms with Crippen LogP contribution in [0.1, 0.15) is 24.0 Å². The van der Waals surface area contributed by atoms with Gasteiger partial charge in [-0.2, -0.15) is 5.10 Å². The van der Waals surface area contributed by atoms with Crippen LogP contribution >= 0.6 is 11.6 Å². The van der Waals surface area contributed by atoms with E-state index in [1.54, 1.807) is 41.6 Å². The van der Waals surface area contributed by atoms with Crippen molar-refractivity contribution in [1.82, 2.24) is 24.3 Å². The van der Waals surface area contributed by atoms with E-state index in [1.807, 2.05) is 23.9 Å². The molecule has 1 fully saturated rings. The average molecular weight is 459 g/mol. The van der Waals surface area contributed by atoms with E-state index in [4.69, 9.17) is 11.6 Å². The number of halogens is 2. The van der Waals surface area contributed by atoms with Gasteiger partial charge in [0.2, 0.25) is 5.95 Å². The number of amides is 1. The van der Waals surface area contributed by atoms with Crippen LogP contribution < -0.4 is 4.90 Å². The number of anilines is 2. The van der Waals surface area contributed by atoms with Crippen molar-refractivity contribution in [2.24, 2.45) is 7.05 Å². The molecule has 6 rings (SSSR count). The zero-order chi connectivity index (χ0) is 22.7. The number of aryl methyl sites for hydroxylation is 1. The molecule has 1 saturated carbocycles. The summed E-state index contributed by atoms with van der Waals surface area (Å²) in [4.78, 5) is 23.3. The molecule has 0 saturated heterocycles. The highest BCUT2D eigenvalue weighted by Crippen LogP contribution is 2.56. The molecule has 0 unspecified atom stereocenters. The van der Waals surface area contributed by atoms with Gasteiger partial charge in [0.1, 0.15) is 17.0 Å². The second-order valence-electron chi connectivity index (χ2n) is 8.13. The van der Waals surface area contributed by atoms with Crippen molar-refractivity contribution < 1.29 is 9.18 Å². The Morgan fingerprint density at radius 2 is 1.97 bits per heavy atom. The summed E-state index contributed by atoms with van der Waals surface area (Å²) >= 11 is 6.50. The van der Waals surface area contributed by atoms with Crippen molar-refractivity contribution in [3.8, 4) is 23.1 Å². The number of hydrogen-bond acceptors (Lipinski definition) is 4. The van der Waals surface area contributed by atoms with Gasteiger partial charge < -0.3 is 0 Å². The topological polar surface area (TPSA) is 68.8 Å². The van der Waals surface area contributed by atoms with Crippen LogP contribution in [0.2, 0.25) is 5.02 Å². The number of rotatable bonds is 2. The van der Waals surface area contributed by atoms with E-state index in [2.05, 4.69) is 26.9 Å². The van der Waals surface area contributed by atoms with Crippen molar-refractivity contribution >= 4 is 29.1 Å². The predicted octanol–water partition coefficient (Wildman–Crippen LogP) is 4.04. The van der Waals surface area contributed by atoms with E-state index in [0.29, 0.717) is 29.9 Å². The summed E-state index contributed by atoms with van der Waals surface area (Å²) in [5.74, 6) is 5.32. The van der Waals surface area contributed by atoms with Crippen LogP contribution in [0.15, 0.2) is 55.2 Å². The quantitative estimate of drug-likeness (QED) is 0.425. The minimum Gasteiger partial charge on any atom is -0.294 e. The van der Waals surface area contributed by atoms with Crippen molar-refractivity contribution in [2.45, 2.75) is 18.4 Å².